The number of hydrogen-bond donors (Lipinski definition) is 1. The second-order valence-corrected chi connectivity index (χ2v) is 9.33. The maximum Gasteiger partial charge on any atom is 0.341 e. The summed E-state index contributed by atoms with van der Waals surface area (Å²) in [7, 11) is 0. The van der Waals surface area contributed by atoms with Crippen molar-refractivity contribution in [2.75, 3.05) is 44.6 Å². The first-order valence-electron chi connectivity index (χ1n) is 11.2. The van der Waals surface area contributed by atoms with Crippen LogP contribution in [0, 0.1) is 0 Å². The zero-order chi connectivity index (χ0) is 21.6. The molecule has 1 aromatic heterocycles. The van der Waals surface area contributed by atoms with Gasteiger partial charge in [-0.05, 0) is 56.8 Å². The highest BCUT2D eigenvalue weighted by Crippen LogP contribution is 2.39. The highest BCUT2D eigenvalue weighted by molar-refractivity contribution is 7.17. The molecule has 4 rings (SSSR count). The first kappa shape index (κ1) is 22.0. The lowest BCUT2D eigenvalue weighted by molar-refractivity contribution is -0.117. The van der Waals surface area contributed by atoms with Gasteiger partial charge in [-0.3, -0.25) is 14.6 Å². The van der Waals surface area contributed by atoms with E-state index in [-0.39, 0.29) is 11.9 Å². The summed E-state index contributed by atoms with van der Waals surface area (Å²) < 4.78 is 5.26. The smallest absolute Gasteiger partial charge is 0.341 e. The van der Waals surface area contributed by atoms with E-state index in [1.165, 1.54) is 21.8 Å². The van der Waals surface area contributed by atoms with E-state index >= 15 is 0 Å². The lowest BCUT2D eigenvalue weighted by Crippen LogP contribution is -2.36. The van der Waals surface area contributed by atoms with Crippen LogP contribution in [0.15, 0.2) is 30.3 Å². The summed E-state index contributed by atoms with van der Waals surface area (Å²) in [4.78, 5) is 31.2. The Balaban J connectivity index is 1.34. The fourth-order valence-electron chi connectivity index (χ4n) is 4.46. The molecule has 1 aromatic carbocycles. The summed E-state index contributed by atoms with van der Waals surface area (Å²) in [6, 6.07) is 10.5. The average Bonchev–Trinajstić information content (AvgIpc) is 3.25. The van der Waals surface area contributed by atoms with E-state index in [2.05, 4.69) is 39.4 Å². The van der Waals surface area contributed by atoms with Crippen LogP contribution in [-0.2, 0) is 28.9 Å². The molecule has 1 aliphatic carbocycles. The summed E-state index contributed by atoms with van der Waals surface area (Å²) in [6.45, 7) is 7.21. The maximum atomic E-state index is 12.8. The van der Waals surface area contributed by atoms with Crippen molar-refractivity contribution in [1.29, 1.82) is 0 Å². The molecule has 0 spiro atoms. The molecule has 0 saturated carbocycles. The fourth-order valence-corrected chi connectivity index (χ4v) is 5.76. The minimum atomic E-state index is -0.316. The number of aryl methyl sites for hydroxylation is 1. The molecule has 0 radical (unpaired) electrons. The van der Waals surface area contributed by atoms with Crippen LogP contribution in [0.2, 0.25) is 0 Å². The Bertz CT molecular complexity index is 912. The summed E-state index contributed by atoms with van der Waals surface area (Å²) in [5.74, 6) is -0.370. The van der Waals surface area contributed by atoms with Crippen molar-refractivity contribution in [3.8, 4) is 0 Å². The number of esters is 1. The van der Waals surface area contributed by atoms with Gasteiger partial charge in [-0.25, -0.2) is 4.79 Å². The number of ether oxygens (including phenoxy) is 1. The van der Waals surface area contributed by atoms with E-state index in [0.717, 1.165) is 64.0 Å². The maximum absolute atomic E-state index is 12.8. The average molecular weight is 442 g/mol. The Morgan fingerprint density at radius 1 is 1.03 bits per heavy atom. The number of fused-ring (bicyclic) bond motifs is 1. The van der Waals surface area contributed by atoms with Crippen molar-refractivity contribution in [3.05, 3.63) is 51.9 Å². The third kappa shape index (κ3) is 5.53. The molecule has 0 bridgehead atoms. The third-order valence-electron chi connectivity index (χ3n) is 5.95. The van der Waals surface area contributed by atoms with Crippen LogP contribution in [0.4, 0.5) is 5.00 Å². The van der Waals surface area contributed by atoms with Crippen molar-refractivity contribution < 1.29 is 14.3 Å². The summed E-state index contributed by atoms with van der Waals surface area (Å²) in [5, 5.41) is 3.68. The van der Waals surface area contributed by atoms with Gasteiger partial charge in [-0.15, -0.1) is 11.3 Å². The number of nitrogens with one attached hydrogen (secondary N) is 1. The van der Waals surface area contributed by atoms with Gasteiger partial charge in [0.2, 0.25) is 5.91 Å². The van der Waals surface area contributed by atoms with Crippen LogP contribution in [0.25, 0.3) is 0 Å². The Labute approximate surface area is 188 Å². The number of hydrogen-bond acceptors (Lipinski definition) is 6. The van der Waals surface area contributed by atoms with Gasteiger partial charge < -0.3 is 10.1 Å². The van der Waals surface area contributed by atoms with Crippen molar-refractivity contribution in [1.82, 2.24) is 9.80 Å². The normalized spacial score (nSPS) is 17.2. The second kappa shape index (κ2) is 10.4. The number of benzene rings is 1. The molecule has 2 aliphatic rings. The molecule has 2 aromatic rings. The number of carbonyl (C=O) groups excluding carboxylic acids is 2. The number of carbonyl (C=O) groups is 2. The Hall–Kier alpha value is -2.22. The zero-order valence-corrected chi connectivity index (χ0v) is 19.0. The van der Waals surface area contributed by atoms with Gasteiger partial charge >= 0.3 is 5.97 Å². The lowest BCUT2D eigenvalue weighted by Gasteiger charge is -2.21. The molecule has 1 fully saturated rings. The van der Waals surface area contributed by atoms with Gasteiger partial charge in [-0.1, -0.05) is 30.3 Å². The van der Waals surface area contributed by atoms with E-state index in [1.54, 1.807) is 0 Å². The summed E-state index contributed by atoms with van der Waals surface area (Å²) in [5.41, 5.74) is 2.98. The SMILES string of the molecule is CCOC(=O)c1c(NC(=O)CN2CCCN(Cc3ccccc3)CC2)sc2c1CCC2. The number of rotatable bonds is 7. The van der Waals surface area contributed by atoms with Crippen LogP contribution in [0.3, 0.4) is 0 Å². The van der Waals surface area contributed by atoms with E-state index < -0.39 is 0 Å². The number of anilines is 1. The Morgan fingerprint density at radius 3 is 2.61 bits per heavy atom. The Morgan fingerprint density at radius 2 is 1.81 bits per heavy atom. The number of thiophene rings is 1. The molecule has 31 heavy (non-hydrogen) atoms. The third-order valence-corrected chi connectivity index (χ3v) is 7.16. The predicted octanol–water partition coefficient (Wildman–Crippen LogP) is 3.56. The van der Waals surface area contributed by atoms with Crippen LogP contribution in [-0.4, -0.2) is 61.0 Å². The number of amides is 1. The number of nitrogens with zero attached hydrogens (tertiary/aromatic N) is 2. The van der Waals surface area contributed by atoms with Crippen molar-refractivity contribution in [2.45, 2.75) is 39.2 Å². The predicted molar refractivity (Wildman–Crippen MR) is 124 cm³/mol. The van der Waals surface area contributed by atoms with Gasteiger partial charge in [0, 0.05) is 24.5 Å². The monoisotopic (exact) mass is 441 g/mol. The molecule has 166 valence electrons. The lowest BCUT2D eigenvalue weighted by atomic mass is 10.1. The quantitative estimate of drug-likeness (QED) is 0.666. The van der Waals surface area contributed by atoms with E-state index in [1.807, 2.05) is 13.0 Å². The van der Waals surface area contributed by atoms with Gasteiger partial charge in [0.05, 0.1) is 18.7 Å². The highest BCUT2D eigenvalue weighted by Gasteiger charge is 2.28. The van der Waals surface area contributed by atoms with E-state index in [4.69, 9.17) is 4.74 Å². The van der Waals surface area contributed by atoms with Crippen LogP contribution >= 0.6 is 11.3 Å². The first-order valence-corrected chi connectivity index (χ1v) is 12.1. The van der Waals surface area contributed by atoms with Gasteiger partial charge in [0.15, 0.2) is 0 Å². The zero-order valence-electron chi connectivity index (χ0n) is 18.2. The summed E-state index contributed by atoms with van der Waals surface area (Å²) in [6.07, 6.45) is 3.97. The van der Waals surface area contributed by atoms with Gasteiger partial charge in [0.25, 0.3) is 0 Å². The standard InChI is InChI=1S/C24H31N3O3S/c1-2-30-24(29)22-19-10-6-11-20(19)31-23(22)25-21(28)17-27-13-7-12-26(14-15-27)16-18-8-4-3-5-9-18/h3-5,8-9H,2,6-7,10-17H2,1H3,(H,25,28). The van der Waals surface area contributed by atoms with Gasteiger partial charge in [-0.2, -0.15) is 0 Å². The van der Waals surface area contributed by atoms with Crippen LogP contribution in [0.1, 0.15) is 46.1 Å². The molecule has 0 unspecified atom stereocenters. The molecule has 1 N–H and O–H groups in total. The minimum absolute atomic E-state index is 0.0537. The molecular formula is C24H31N3O3S. The molecule has 6 nitrogen and oxygen atoms in total. The Kier molecular flexibility index (Phi) is 7.37. The topological polar surface area (TPSA) is 61.9 Å². The minimum Gasteiger partial charge on any atom is -0.462 e. The van der Waals surface area contributed by atoms with Crippen molar-refractivity contribution >= 4 is 28.2 Å². The fraction of sp³-hybridized carbons (Fsp3) is 0.500. The van der Waals surface area contributed by atoms with Gasteiger partial charge in [0.1, 0.15) is 5.00 Å². The molecule has 1 amide bonds. The summed E-state index contributed by atoms with van der Waals surface area (Å²) >= 11 is 1.54. The van der Waals surface area contributed by atoms with Crippen molar-refractivity contribution in [3.63, 3.8) is 0 Å². The molecule has 2 heterocycles. The molecular weight excluding hydrogens is 410 g/mol. The highest BCUT2D eigenvalue weighted by atomic mass is 32.1. The molecule has 1 aliphatic heterocycles. The first-order chi connectivity index (χ1) is 15.1. The van der Waals surface area contributed by atoms with Crippen molar-refractivity contribution in [2.24, 2.45) is 0 Å². The van der Waals surface area contributed by atoms with Crippen LogP contribution < -0.4 is 5.32 Å². The van der Waals surface area contributed by atoms with Crippen LogP contribution in [0.5, 0.6) is 0 Å². The van der Waals surface area contributed by atoms with E-state index in [9.17, 15) is 9.59 Å². The second-order valence-electron chi connectivity index (χ2n) is 8.22. The molecule has 7 heteroatoms. The molecule has 0 atom stereocenters. The molecule has 1 saturated heterocycles. The van der Waals surface area contributed by atoms with E-state index in [0.29, 0.717) is 23.7 Å². The largest absolute Gasteiger partial charge is 0.462 e.